The fourth-order valence-electron chi connectivity index (χ4n) is 2.46. The Bertz CT molecular complexity index is 444. The van der Waals surface area contributed by atoms with Crippen molar-refractivity contribution in [3.05, 3.63) is 15.6 Å². The van der Waals surface area contributed by atoms with E-state index in [4.69, 9.17) is 0 Å². The summed E-state index contributed by atoms with van der Waals surface area (Å²) in [5.41, 5.74) is 0.863. The lowest BCUT2D eigenvalue weighted by molar-refractivity contribution is 0.0923. The molecule has 1 aromatic rings. The van der Waals surface area contributed by atoms with Gasteiger partial charge in [-0.2, -0.15) is 0 Å². The van der Waals surface area contributed by atoms with E-state index in [1.54, 1.807) is 0 Å². The van der Waals surface area contributed by atoms with E-state index in [0.717, 1.165) is 47.8 Å². The van der Waals surface area contributed by atoms with Crippen molar-refractivity contribution in [3.8, 4) is 0 Å². The Kier molecular flexibility index (Phi) is 4.93. The molecule has 0 radical (unpaired) electrons. The number of rotatable bonds is 4. The molecule has 1 saturated heterocycles. The van der Waals surface area contributed by atoms with Crippen LogP contribution in [0.1, 0.15) is 53.5 Å². The number of aromatic nitrogens is 1. The Morgan fingerprint density at radius 3 is 3.05 bits per heavy atom. The van der Waals surface area contributed by atoms with Crippen LogP contribution in [0.5, 0.6) is 0 Å². The Balaban J connectivity index is 2.02. The van der Waals surface area contributed by atoms with Gasteiger partial charge in [-0.3, -0.25) is 4.79 Å². The first kappa shape index (κ1) is 14.5. The van der Waals surface area contributed by atoms with E-state index in [0.29, 0.717) is 6.04 Å². The van der Waals surface area contributed by atoms with Gasteiger partial charge in [0.25, 0.3) is 5.91 Å². The molecule has 2 N–H and O–H groups in total. The van der Waals surface area contributed by atoms with Gasteiger partial charge in [-0.1, -0.05) is 6.92 Å². The molecule has 1 fully saturated rings. The number of nitrogens with zero attached hydrogens (tertiary/aromatic N) is 1. The summed E-state index contributed by atoms with van der Waals surface area (Å²) >= 11 is 1.54. The van der Waals surface area contributed by atoms with Crippen molar-refractivity contribution in [1.82, 2.24) is 15.6 Å². The van der Waals surface area contributed by atoms with Crippen LogP contribution in [0.15, 0.2) is 0 Å². The van der Waals surface area contributed by atoms with Crippen molar-refractivity contribution in [2.75, 3.05) is 6.54 Å². The molecule has 2 unspecified atom stereocenters. The number of amides is 1. The second kappa shape index (κ2) is 6.48. The summed E-state index contributed by atoms with van der Waals surface area (Å²) < 4.78 is 0. The molecule has 5 heteroatoms. The van der Waals surface area contributed by atoms with Crippen molar-refractivity contribution >= 4 is 17.2 Å². The van der Waals surface area contributed by atoms with Gasteiger partial charge in [0.15, 0.2) is 0 Å². The molecule has 4 nitrogen and oxygen atoms in total. The first-order valence-corrected chi connectivity index (χ1v) is 7.94. The standard InChI is InChI=1S/C14H23N3OS/c1-4-6-12-16-10(3)13(19-12)14(18)17-11-7-5-8-15-9(11)2/h9,11,15H,4-8H2,1-3H3,(H,17,18). The molecule has 1 amide bonds. The highest BCUT2D eigenvalue weighted by Crippen LogP contribution is 2.20. The molecule has 0 saturated carbocycles. The molecule has 0 aromatic carbocycles. The van der Waals surface area contributed by atoms with Gasteiger partial charge in [-0.05, 0) is 46.1 Å². The third-order valence-corrected chi connectivity index (χ3v) is 4.81. The van der Waals surface area contributed by atoms with E-state index in [9.17, 15) is 4.79 Å². The van der Waals surface area contributed by atoms with Crippen molar-refractivity contribution in [2.24, 2.45) is 0 Å². The number of aryl methyl sites for hydroxylation is 2. The molecule has 0 spiro atoms. The molecule has 1 aromatic heterocycles. The Hall–Kier alpha value is -0.940. The maximum absolute atomic E-state index is 12.3. The zero-order valence-corrected chi connectivity index (χ0v) is 12.8. The van der Waals surface area contributed by atoms with Crippen LogP contribution in [-0.2, 0) is 6.42 Å². The molecule has 2 atom stereocenters. The Morgan fingerprint density at radius 1 is 1.58 bits per heavy atom. The quantitative estimate of drug-likeness (QED) is 0.890. The monoisotopic (exact) mass is 281 g/mol. The summed E-state index contributed by atoms with van der Waals surface area (Å²) in [6, 6.07) is 0.582. The minimum atomic E-state index is 0.0397. The van der Waals surface area contributed by atoms with Gasteiger partial charge in [0.1, 0.15) is 4.88 Å². The average molecular weight is 281 g/mol. The third kappa shape index (κ3) is 3.54. The van der Waals surface area contributed by atoms with Gasteiger partial charge >= 0.3 is 0 Å². The van der Waals surface area contributed by atoms with Gasteiger partial charge in [0, 0.05) is 12.1 Å². The fourth-order valence-corrected chi connectivity index (χ4v) is 3.53. The minimum Gasteiger partial charge on any atom is -0.347 e. The van der Waals surface area contributed by atoms with Gasteiger partial charge in [0.2, 0.25) is 0 Å². The number of carbonyl (C=O) groups is 1. The zero-order chi connectivity index (χ0) is 13.8. The first-order valence-electron chi connectivity index (χ1n) is 7.12. The molecular weight excluding hydrogens is 258 g/mol. The molecule has 2 heterocycles. The minimum absolute atomic E-state index is 0.0397. The average Bonchev–Trinajstić information content (AvgIpc) is 2.74. The maximum atomic E-state index is 12.3. The second-order valence-corrected chi connectivity index (χ2v) is 6.32. The largest absolute Gasteiger partial charge is 0.347 e. The predicted octanol–water partition coefficient (Wildman–Crippen LogP) is 2.27. The van der Waals surface area contributed by atoms with E-state index in [1.807, 2.05) is 6.92 Å². The van der Waals surface area contributed by atoms with Crippen LogP contribution in [-0.4, -0.2) is 29.5 Å². The van der Waals surface area contributed by atoms with Crippen molar-refractivity contribution in [1.29, 1.82) is 0 Å². The summed E-state index contributed by atoms with van der Waals surface area (Å²) in [7, 11) is 0. The third-order valence-electron chi connectivity index (χ3n) is 3.59. The van der Waals surface area contributed by atoms with Crippen LogP contribution in [0, 0.1) is 6.92 Å². The number of hydrogen-bond donors (Lipinski definition) is 2. The van der Waals surface area contributed by atoms with Crippen molar-refractivity contribution < 1.29 is 4.79 Å². The normalized spacial score (nSPS) is 23.3. The van der Waals surface area contributed by atoms with Gasteiger partial charge in [0.05, 0.1) is 10.7 Å². The lowest BCUT2D eigenvalue weighted by Crippen LogP contribution is -2.51. The molecule has 106 valence electrons. The number of carbonyl (C=O) groups excluding carboxylic acids is 1. The van der Waals surface area contributed by atoms with E-state index < -0.39 is 0 Å². The summed E-state index contributed by atoms with van der Waals surface area (Å²) in [6.07, 6.45) is 4.20. The second-order valence-electron chi connectivity index (χ2n) is 5.24. The first-order chi connectivity index (χ1) is 9.11. The van der Waals surface area contributed by atoms with Crippen molar-refractivity contribution in [2.45, 2.75) is 58.5 Å². The number of nitrogens with one attached hydrogen (secondary N) is 2. The predicted molar refractivity (Wildman–Crippen MR) is 78.8 cm³/mol. The maximum Gasteiger partial charge on any atom is 0.263 e. The highest BCUT2D eigenvalue weighted by Gasteiger charge is 2.24. The molecule has 1 aliphatic heterocycles. The van der Waals surface area contributed by atoms with Crippen molar-refractivity contribution in [3.63, 3.8) is 0 Å². The number of piperidine rings is 1. The highest BCUT2D eigenvalue weighted by molar-refractivity contribution is 7.13. The van der Waals surface area contributed by atoms with Gasteiger partial charge in [-0.25, -0.2) is 4.98 Å². The van der Waals surface area contributed by atoms with Crippen LogP contribution in [0.4, 0.5) is 0 Å². The Morgan fingerprint density at radius 2 is 2.37 bits per heavy atom. The molecule has 0 bridgehead atoms. The topological polar surface area (TPSA) is 54.0 Å². The molecule has 1 aliphatic rings. The summed E-state index contributed by atoms with van der Waals surface area (Å²) in [4.78, 5) is 17.6. The van der Waals surface area contributed by atoms with E-state index in [-0.39, 0.29) is 11.9 Å². The molecule has 19 heavy (non-hydrogen) atoms. The van der Waals surface area contributed by atoms with Crippen LogP contribution in [0.3, 0.4) is 0 Å². The van der Waals surface area contributed by atoms with Crippen LogP contribution < -0.4 is 10.6 Å². The smallest absolute Gasteiger partial charge is 0.263 e. The summed E-state index contributed by atoms with van der Waals surface area (Å²) in [6.45, 7) is 7.24. The molecule has 2 rings (SSSR count). The number of thiazole rings is 1. The number of hydrogen-bond acceptors (Lipinski definition) is 4. The summed E-state index contributed by atoms with van der Waals surface area (Å²) in [5, 5.41) is 7.62. The van der Waals surface area contributed by atoms with E-state index in [2.05, 4.69) is 29.5 Å². The zero-order valence-electron chi connectivity index (χ0n) is 12.0. The van der Waals surface area contributed by atoms with Gasteiger partial charge < -0.3 is 10.6 Å². The molecular formula is C14H23N3OS. The highest BCUT2D eigenvalue weighted by atomic mass is 32.1. The van der Waals surface area contributed by atoms with E-state index in [1.165, 1.54) is 11.3 Å². The SMILES string of the molecule is CCCc1nc(C)c(C(=O)NC2CCCNC2C)s1. The molecule has 0 aliphatic carbocycles. The van der Waals surface area contributed by atoms with Crippen LogP contribution >= 0.6 is 11.3 Å². The fraction of sp³-hybridized carbons (Fsp3) is 0.714. The van der Waals surface area contributed by atoms with Gasteiger partial charge in [-0.15, -0.1) is 11.3 Å². The Labute approximate surface area is 119 Å². The lowest BCUT2D eigenvalue weighted by Gasteiger charge is -2.30. The van der Waals surface area contributed by atoms with E-state index >= 15 is 0 Å². The van der Waals surface area contributed by atoms with Crippen LogP contribution in [0.25, 0.3) is 0 Å². The lowest BCUT2D eigenvalue weighted by atomic mass is 10.00. The van der Waals surface area contributed by atoms with Crippen LogP contribution in [0.2, 0.25) is 0 Å². The summed E-state index contributed by atoms with van der Waals surface area (Å²) in [5.74, 6) is 0.0397.